The minimum Gasteiger partial charge on any atom is -0.480 e. The Bertz CT molecular complexity index is 267. The summed E-state index contributed by atoms with van der Waals surface area (Å²) in [5.41, 5.74) is 0. The number of hydrogen-bond donors (Lipinski definition) is 2. The molecule has 0 aromatic heterocycles. The van der Waals surface area contributed by atoms with Crippen LogP contribution in [0, 0.1) is 5.92 Å². The topological polar surface area (TPSA) is 69.6 Å². The number of amides is 2. The molecule has 5 heteroatoms. The molecule has 1 fully saturated rings. The Balaban J connectivity index is 2.50. The zero-order valence-electron chi connectivity index (χ0n) is 9.36. The van der Waals surface area contributed by atoms with Gasteiger partial charge in [0, 0.05) is 12.6 Å². The maximum atomic E-state index is 11.7. The molecule has 0 spiro atoms. The third-order valence-corrected chi connectivity index (χ3v) is 2.76. The summed E-state index contributed by atoms with van der Waals surface area (Å²) in [6, 6.07) is -0.914. The summed E-state index contributed by atoms with van der Waals surface area (Å²) in [5, 5.41) is 11.1. The van der Waals surface area contributed by atoms with Gasteiger partial charge in [-0.2, -0.15) is 0 Å². The van der Waals surface area contributed by atoms with Crippen LogP contribution in [-0.2, 0) is 4.79 Å². The number of hydrogen-bond acceptors (Lipinski definition) is 2. The lowest BCUT2D eigenvalue weighted by Crippen LogP contribution is -2.47. The number of urea groups is 1. The zero-order chi connectivity index (χ0) is 11.6. The van der Waals surface area contributed by atoms with Crippen molar-refractivity contribution >= 4 is 12.0 Å². The van der Waals surface area contributed by atoms with Gasteiger partial charge in [-0.05, 0) is 26.2 Å². The lowest BCUT2D eigenvalue weighted by molar-refractivity contribution is -0.138. The van der Waals surface area contributed by atoms with Gasteiger partial charge < -0.3 is 15.3 Å². The Kier molecular flexibility index (Phi) is 3.55. The van der Waals surface area contributed by atoms with Crippen molar-refractivity contribution < 1.29 is 14.7 Å². The largest absolute Gasteiger partial charge is 0.480 e. The number of carbonyl (C=O) groups is 2. The summed E-state index contributed by atoms with van der Waals surface area (Å²) in [4.78, 5) is 23.9. The van der Waals surface area contributed by atoms with E-state index >= 15 is 0 Å². The Labute approximate surface area is 89.4 Å². The Hall–Kier alpha value is -1.26. The van der Waals surface area contributed by atoms with Gasteiger partial charge in [-0.25, -0.2) is 4.79 Å². The number of aliphatic carboxylic acids is 1. The molecule has 3 unspecified atom stereocenters. The van der Waals surface area contributed by atoms with Crippen LogP contribution in [0.2, 0.25) is 0 Å². The van der Waals surface area contributed by atoms with Crippen LogP contribution in [0.5, 0.6) is 0 Å². The van der Waals surface area contributed by atoms with Crippen molar-refractivity contribution in [3.63, 3.8) is 0 Å². The van der Waals surface area contributed by atoms with E-state index in [1.165, 1.54) is 6.92 Å². The molecular formula is C10H18N2O3. The van der Waals surface area contributed by atoms with Gasteiger partial charge in [-0.3, -0.25) is 4.79 Å². The standard InChI is InChI=1S/C10H18N2O3/c1-6-4-7(2)12(5-6)10(15)11-8(3)9(13)14/h6-8H,4-5H2,1-3H3,(H,11,15)(H,13,14). The van der Waals surface area contributed by atoms with E-state index in [1.807, 2.05) is 6.92 Å². The molecule has 1 aliphatic rings. The fourth-order valence-electron chi connectivity index (χ4n) is 1.91. The van der Waals surface area contributed by atoms with Crippen LogP contribution in [-0.4, -0.2) is 40.6 Å². The first-order chi connectivity index (χ1) is 6.91. The summed E-state index contributed by atoms with van der Waals surface area (Å²) in [6.45, 7) is 6.24. The van der Waals surface area contributed by atoms with Crippen molar-refractivity contribution in [2.45, 2.75) is 39.3 Å². The molecule has 15 heavy (non-hydrogen) atoms. The summed E-state index contributed by atoms with van der Waals surface area (Å²) >= 11 is 0. The summed E-state index contributed by atoms with van der Waals surface area (Å²) < 4.78 is 0. The number of carboxylic acid groups (broad SMARTS) is 1. The van der Waals surface area contributed by atoms with Crippen LogP contribution in [0.4, 0.5) is 4.79 Å². The molecule has 2 N–H and O–H groups in total. The average molecular weight is 214 g/mol. The first-order valence-electron chi connectivity index (χ1n) is 5.21. The monoisotopic (exact) mass is 214 g/mol. The minimum absolute atomic E-state index is 0.195. The van der Waals surface area contributed by atoms with Crippen LogP contribution >= 0.6 is 0 Å². The van der Waals surface area contributed by atoms with Crippen LogP contribution in [0.25, 0.3) is 0 Å². The van der Waals surface area contributed by atoms with E-state index in [1.54, 1.807) is 4.90 Å². The van der Waals surface area contributed by atoms with Crippen LogP contribution in [0.3, 0.4) is 0 Å². The van der Waals surface area contributed by atoms with Crippen molar-refractivity contribution in [2.75, 3.05) is 6.54 Å². The van der Waals surface area contributed by atoms with E-state index < -0.39 is 12.0 Å². The number of carbonyl (C=O) groups excluding carboxylic acids is 1. The second-order valence-corrected chi connectivity index (χ2v) is 4.35. The molecule has 0 saturated carbocycles. The average Bonchev–Trinajstić information content (AvgIpc) is 2.44. The van der Waals surface area contributed by atoms with Crippen molar-refractivity contribution in [3.8, 4) is 0 Å². The molecule has 2 amide bonds. The maximum absolute atomic E-state index is 11.7. The lowest BCUT2D eigenvalue weighted by Gasteiger charge is -2.23. The molecule has 1 saturated heterocycles. The summed E-state index contributed by atoms with van der Waals surface area (Å²) in [6.07, 6.45) is 0.981. The Morgan fingerprint density at radius 2 is 2.07 bits per heavy atom. The molecule has 0 aromatic rings. The Morgan fingerprint density at radius 3 is 2.47 bits per heavy atom. The zero-order valence-corrected chi connectivity index (χ0v) is 9.36. The van der Waals surface area contributed by atoms with Crippen LogP contribution < -0.4 is 5.32 Å². The Morgan fingerprint density at radius 1 is 1.47 bits per heavy atom. The number of rotatable bonds is 2. The van der Waals surface area contributed by atoms with E-state index in [4.69, 9.17) is 5.11 Å². The normalized spacial score (nSPS) is 27.5. The van der Waals surface area contributed by atoms with E-state index in [2.05, 4.69) is 12.2 Å². The number of likely N-dealkylation sites (tertiary alicyclic amines) is 1. The van der Waals surface area contributed by atoms with Crippen molar-refractivity contribution in [1.29, 1.82) is 0 Å². The molecule has 1 aliphatic heterocycles. The number of nitrogens with zero attached hydrogens (tertiary/aromatic N) is 1. The van der Waals surface area contributed by atoms with Crippen LogP contribution in [0.15, 0.2) is 0 Å². The molecule has 0 radical (unpaired) electrons. The van der Waals surface area contributed by atoms with Crippen molar-refractivity contribution in [1.82, 2.24) is 10.2 Å². The SMILES string of the molecule is CC1CC(C)N(C(=O)NC(C)C(=O)O)C1. The van der Waals surface area contributed by atoms with Crippen LogP contribution in [0.1, 0.15) is 27.2 Å². The van der Waals surface area contributed by atoms with Crippen molar-refractivity contribution in [3.05, 3.63) is 0 Å². The molecule has 5 nitrogen and oxygen atoms in total. The number of nitrogens with one attached hydrogen (secondary N) is 1. The second kappa shape index (κ2) is 4.51. The highest BCUT2D eigenvalue weighted by Gasteiger charge is 2.30. The van der Waals surface area contributed by atoms with Gasteiger partial charge >= 0.3 is 12.0 Å². The van der Waals surface area contributed by atoms with Gasteiger partial charge in [0.05, 0.1) is 0 Å². The highest BCUT2D eigenvalue weighted by Crippen LogP contribution is 2.21. The second-order valence-electron chi connectivity index (χ2n) is 4.35. The first kappa shape index (κ1) is 11.8. The van der Waals surface area contributed by atoms with E-state index in [0.717, 1.165) is 6.42 Å². The smallest absolute Gasteiger partial charge is 0.325 e. The van der Waals surface area contributed by atoms with E-state index in [-0.39, 0.29) is 12.1 Å². The van der Waals surface area contributed by atoms with Gasteiger partial charge in [0.2, 0.25) is 0 Å². The minimum atomic E-state index is -1.01. The number of carboxylic acids is 1. The molecule has 0 aromatic carbocycles. The van der Waals surface area contributed by atoms with E-state index in [0.29, 0.717) is 12.5 Å². The highest BCUT2D eigenvalue weighted by molar-refractivity contribution is 5.82. The highest BCUT2D eigenvalue weighted by atomic mass is 16.4. The van der Waals surface area contributed by atoms with Gasteiger partial charge in [-0.1, -0.05) is 6.92 Å². The third-order valence-electron chi connectivity index (χ3n) is 2.76. The molecule has 86 valence electrons. The van der Waals surface area contributed by atoms with Crippen molar-refractivity contribution in [2.24, 2.45) is 5.92 Å². The molecule has 1 heterocycles. The summed E-state index contributed by atoms with van der Waals surface area (Å²) in [7, 11) is 0. The van der Waals surface area contributed by atoms with Gasteiger partial charge in [0.25, 0.3) is 0 Å². The molecule has 0 aliphatic carbocycles. The van der Waals surface area contributed by atoms with Gasteiger partial charge in [0.15, 0.2) is 0 Å². The molecule has 1 rings (SSSR count). The fourth-order valence-corrected chi connectivity index (χ4v) is 1.91. The van der Waals surface area contributed by atoms with E-state index in [9.17, 15) is 9.59 Å². The molecular weight excluding hydrogens is 196 g/mol. The lowest BCUT2D eigenvalue weighted by atomic mass is 10.1. The third kappa shape index (κ3) is 2.84. The maximum Gasteiger partial charge on any atom is 0.325 e. The molecule has 3 atom stereocenters. The van der Waals surface area contributed by atoms with Gasteiger partial charge in [0.1, 0.15) is 6.04 Å². The predicted octanol–water partition coefficient (Wildman–Crippen LogP) is 0.899. The molecule has 0 bridgehead atoms. The first-order valence-corrected chi connectivity index (χ1v) is 5.21. The summed E-state index contributed by atoms with van der Waals surface area (Å²) in [5.74, 6) is -0.519. The fraction of sp³-hybridized carbons (Fsp3) is 0.800. The predicted molar refractivity (Wildman–Crippen MR) is 55.6 cm³/mol. The quantitative estimate of drug-likeness (QED) is 0.717. The van der Waals surface area contributed by atoms with Gasteiger partial charge in [-0.15, -0.1) is 0 Å².